The van der Waals surface area contributed by atoms with Gasteiger partial charge in [-0.15, -0.1) is 0 Å². The first kappa shape index (κ1) is 16.4. The maximum atomic E-state index is 10.3. The molecule has 8 nitrogen and oxygen atoms in total. The molecular formula is C9H14NO7P. The highest BCUT2D eigenvalue weighted by molar-refractivity contribution is 7.45. The second kappa shape index (κ2) is 7.67. The molecule has 0 aliphatic rings. The largest absolute Gasteiger partial charge is 0.466 e. The summed E-state index contributed by atoms with van der Waals surface area (Å²) in [6.07, 6.45) is -1.51. The third-order valence-electron chi connectivity index (χ3n) is 1.33. The molecule has 0 heterocycles. The number of carbonyl (C=O) groups excluding carboxylic acids is 1. The standard InChI is InChI=1S/C9H11NO3.H3O4P/c1-7(13-9(10)11)12-8-5-3-2-4-6-8;1-5(2,3)4/h2-7H,1H3,(H2,10,11);(H3,1,2,3,4). The molecule has 1 unspecified atom stereocenters. The molecule has 0 aliphatic heterocycles. The van der Waals surface area contributed by atoms with E-state index in [1.54, 1.807) is 19.1 Å². The Balaban J connectivity index is 0.000000494. The van der Waals surface area contributed by atoms with Crippen LogP contribution in [0.15, 0.2) is 30.3 Å². The first-order chi connectivity index (χ1) is 8.18. The molecule has 0 aromatic heterocycles. The van der Waals surface area contributed by atoms with Crippen LogP contribution in [0, 0.1) is 0 Å². The zero-order valence-corrected chi connectivity index (χ0v) is 10.4. The fourth-order valence-electron chi connectivity index (χ4n) is 0.878. The van der Waals surface area contributed by atoms with Gasteiger partial charge in [-0.25, -0.2) is 9.36 Å². The van der Waals surface area contributed by atoms with Crippen molar-refractivity contribution in [3.8, 4) is 5.75 Å². The first-order valence-electron chi connectivity index (χ1n) is 4.64. The first-order valence-corrected chi connectivity index (χ1v) is 6.21. The van der Waals surface area contributed by atoms with Crippen LogP contribution in [0.3, 0.4) is 0 Å². The summed E-state index contributed by atoms with van der Waals surface area (Å²) < 4.78 is 18.7. The lowest BCUT2D eigenvalue weighted by atomic mass is 10.3. The Labute approximate surface area is 103 Å². The number of amides is 1. The Morgan fingerprint density at radius 3 is 2.11 bits per heavy atom. The van der Waals surface area contributed by atoms with Gasteiger partial charge in [0.25, 0.3) is 0 Å². The Morgan fingerprint density at radius 2 is 1.72 bits per heavy atom. The van der Waals surface area contributed by atoms with Crippen LogP contribution in [0.25, 0.3) is 0 Å². The lowest BCUT2D eigenvalue weighted by Gasteiger charge is -2.13. The summed E-state index contributed by atoms with van der Waals surface area (Å²) in [6.45, 7) is 1.60. The molecule has 0 fully saturated rings. The molecular weight excluding hydrogens is 265 g/mol. The van der Waals surface area contributed by atoms with E-state index in [4.69, 9.17) is 29.7 Å². The predicted molar refractivity (Wildman–Crippen MR) is 61.5 cm³/mol. The van der Waals surface area contributed by atoms with Gasteiger partial charge in [0.1, 0.15) is 5.75 Å². The highest BCUT2D eigenvalue weighted by Crippen LogP contribution is 2.25. The lowest BCUT2D eigenvalue weighted by molar-refractivity contribution is -0.0140. The number of nitrogens with two attached hydrogens (primary N) is 1. The Morgan fingerprint density at radius 1 is 1.28 bits per heavy atom. The van der Waals surface area contributed by atoms with Gasteiger partial charge in [-0.05, 0) is 12.1 Å². The van der Waals surface area contributed by atoms with Crippen LogP contribution in [-0.4, -0.2) is 27.1 Å². The van der Waals surface area contributed by atoms with E-state index in [0.29, 0.717) is 5.75 Å². The second-order valence-corrected chi connectivity index (χ2v) is 3.98. The number of benzene rings is 1. The minimum absolute atomic E-state index is 0.635. The van der Waals surface area contributed by atoms with Gasteiger partial charge in [-0.1, -0.05) is 18.2 Å². The molecule has 1 atom stereocenters. The summed E-state index contributed by atoms with van der Waals surface area (Å²) in [7, 11) is -4.64. The summed E-state index contributed by atoms with van der Waals surface area (Å²) >= 11 is 0. The lowest BCUT2D eigenvalue weighted by Crippen LogP contribution is -2.24. The fraction of sp³-hybridized carbons (Fsp3) is 0.222. The molecule has 0 bridgehead atoms. The van der Waals surface area contributed by atoms with Crippen LogP contribution < -0.4 is 10.5 Å². The zero-order valence-electron chi connectivity index (χ0n) is 9.46. The molecule has 5 N–H and O–H groups in total. The van der Waals surface area contributed by atoms with Gasteiger partial charge < -0.3 is 29.9 Å². The zero-order chi connectivity index (χ0) is 14.2. The molecule has 18 heavy (non-hydrogen) atoms. The van der Waals surface area contributed by atoms with E-state index < -0.39 is 20.2 Å². The molecule has 102 valence electrons. The normalized spacial score (nSPS) is 11.8. The SMILES string of the molecule is CC(OC(N)=O)Oc1ccccc1.O=P(O)(O)O. The van der Waals surface area contributed by atoms with Gasteiger partial charge in [-0.2, -0.15) is 0 Å². The topological polar surface area (TPSA) is 139 Å². The Hall–Kier alpha value is -1.60. The van der Waals surface area contributed by atoms with Crippen LogP contribution in [0.2, 0.25) is 0 Å². The summed E-state index contributed by atoms with van der Waals surface area (Å²) in [4.78, 5) is 31.9. The summed E-state index contributed by atoms with van der Waals surface area (Å²) in [5.41, 5.74) is 4.81. The van der Waals surface area contributed by atoms with Crippen molar-refractivity contribution in [2.24, 2.45) is 5.73 Å². The van der Waals surface area contributed by atoms with Crippen molar-refractivity contribution in [2.75, 3.05) is 0 Å². The summed E-state index contributed by atoms with van der Waals surface area (Å²) in [6, 6.07) is 9.05. The average molecular weight is 279 g/mol. The van der Waals surface area contributed by atoms with Crippen LogP contribution in [0.4, 0.5) is 4.79 Å². The quantitative estimate of drug-likeness (QED) is 0.468. The molecule has 0 spiro atoms. The smallest absolute Gasteiger partial charge is 0.455 e. The Bertz CT molecular complexity index is 396. The number of hydrogen-bond donors (Lipinski definition) is 4. The van der Waals surface area contributed by atoms with Gasteiger partial charge in [0, 0.05) is 6.92 Å². The maximum Gasteiger partial charge on any atom is 0.466 e. The van der Waals surface area contributed by atoms with Crippen LogP contribution in [-0.2, 0) is 9.30 Å². The number of rotatable bonds is 3. The van der Waals surface area contributed by atoms with Crippen molar-refractivity contribution in [2.45, 2.75) is 13.2 Å². The van der Waals surface area contributed by atoms with E-state index in [0.717, 1.165) is 0 Å². The van der Waals surface area contributed by atoms with Gasteiger partial charge >= 0.3 is 13.9 Å². The number of ether oxygens (including phenoxy) is 2. The molecule has 0 radical (unpaired) electrons. The molecule has 9 heteroatoms. The van der Waals surface area contributed by atoms with Crippen molar-refractivity contribution in [1.82, 2.24) is 0 Å². The van der Waals surface area contributed by atoms with Gasteiger partial charge in [0.15, 0.2) is 0 Å². The van der Waals surface area contributed by atoms with Gasteiger partial charge in [0.2, 0.25) is 6.29 Å². The highest BCUT2D eigenvalue weighted by Gasteiger charge is 2.05. The Kier molecular flexibility index (Phi) is 6.99. The van der Waals surface area contributed by atoms with Crippen molar-refractivity contribution >= 4 is 13.9 Å². The van der Waals surface area contributed by atoms with Crippen molar-refractivity contribution in [3.05, 3.63) is 30.3 Å². The summed E-state index contributed by atoms with van der Waals surface area (Å²) in [5.74, 6) is 0.635. The molecule has 1 aromatic rings. The average Bonchev–Trinajstić information content (AvgIpc) is 2.14. The van der Waals surface area contributed by atoms with E-state index >= 15 is 0 Å². The number of para-hydroxylation sites is 1. The molecule has 1 aromatic carbocycles. The number of primary amides is 1. The number of carbonyl (C=O) groups is 1. The molecule has 0 aliphatic carbocycles. The second-order valence-electron chi connectivity index (χ2n) is 2.95. The van der Waals surface area contributed by atoms with E-state index in [2.05, 4.69) is 4.74 Å². The van der Waals surface area contributed by atoms with E-state index in [1.807, 2.05) is 18.2 Å². The molecule has 1 rings (SSSR count). The maximum absolute atomic E-state index is 10.3. The minimum Gasteiger partial charge on any atom is -0.455 e. The van der Waals surface area contributed by atoms with Crippen LogP contribution in [0.5, 0.6) is 5.75 Å². The van der Waals surface area contributed by atoms with Crippen molar-refractivity contribution < 1.29 is 33.5 Å². The van der Waals surface area contributed by atoms with E-state index in [9.17, 15) is 4.79 Å². The summed E-state index contributed by atoms with van der Waals surface area (Å²) in [5, 5.41) is 0. The monoisotopic (exact) mass is 279 g/mol. The predicted octanol–water partition coefficient (Wildman–Crippen LogP) is 0.578. The molecule has 1 amide bonds. The van der Waals surface area contributed by atoms with Crippen molar-refractivity contribution in [3.63, 3.8) is 0 Å². The molecule has 0 saturated heterocycles. The number of phosphoric acid groups is 1. The molecule has 0 saturated carbocycles. The highest BCUT2D eigenvalue weighted by atomic mass is 31.2. The van der Waals surface area contributed by atoms with Crippen LogP contribution in [0.1, 0.15) is 6.92 Å². The fourth-order valence-corrected chi connectivity index (χ4v) is 0.878. The van der Waals surface area contributed by atoms with Crippen LogP contribution >= 0.6 is 7.82 Å². The van der Waals surface area contributed by atoms with Crippen molar-refractivity contribution in [1.29, 1.82) is 0 Å². The number of hydrogen-bond acceptors (Lipinski definition) is 4. The van der Waals surface area contributed by atoms with Gasteiger partial charge in [-0.3, -0.25) is 0 Å². The van der Waals surface area contributed by atoms with E-state index in [-0.39, 0.29) is 0 Å². The third kappa shape index (κ3) is 12.5. The van der Waals surface area contributed by atoms with E-state index in [1.165, 1.54) is 0 Å². The minimum atomic E-state index is -4.64. The third-order valence-corrected chi connectivity index (χ3v) is 1.33. The van der Waals surface area contributed by atoms with Gasteiger partial charge in [0.05, 0.1) is 0 Å².